The molecule has 0 spiro atoms. The summed E-state index contributed by atoms with van der Waals surface area (Å²) in [5.74, 6) is -0.234. The van der Waals surface area contributed by atoms with Crippen LogP contribution in [0.4, 0.5) is 16.2 Å². The first-order chi connectivity index (χ1) is 12.6. The zero-order valence-corrected chi connectivity index (χ0v) is 14.9. The van der Waals surface area contributed by atoms with Crippen LogP contribution >= 0.6 is 0 Å². The van der Waals surface area contributed by atoms with Gasteiger partial charge >= 0.3 is 6.03 Å². The molecule has 0 bridgehead atoms. The van der Waals surface area contributed by atoms with E-state index in [4.69, 9.17) is 9.47 Å². The van der Waals surface area contributed by atoms with Crippen LogP contribution in [0.3, 0.4) is 0 Å². The number of methoxy groups -OCH3 is 2. The second-order valence-electron chi connectivity index (χ2n) is 5.62. The van der Waals surface area contributed by atoms with Gasteiger partial charge in [0.2, 0.25) is 5.91 Å². The predicted molar refractivity (Wildman–Crippen MR) is 100.0 cm³/mol. The van der Waals surface area contributed by atoms with Crippen molar-refractivity contribution in [2.24, 2.45) is 0 Å². The van der Waals surface area contributed by atoms with Crippen LogP contribution in [0.15, 0.2) is 48.5 Å². The molecule has 2 aromatic rings. The zero-order valence-electron chi connectivity index (χ0n) is 14.9. The second kappa shape index (κ2) is 10.2. The number of anilines is 2. The van der Waals surface area contributed by atoms with Gasteiger partial charge in [-0.25, -0.2) is 4.79 Å². The van der Waals surface area contributed by atoms with E-state index in [1.54, 1.807) is 31.4 Å². The molecule has 2 aromatic carbocycles. The van der Waals surface area contributed by atoms with Gasteiger partial charge < -0.3 is 25.4 Å². The summed E-state index contributed by atoms with van der Waals surface area (Å²) in [4.78, 5) is 23.4. The Morgan fingerprint density at radius 2 is 1.38 bits per heavy atom. The van der Waals surface area contributed by atoms with E-state index in [9.17, 15) is 9.59 Å². The van der Waals surface area contributed by atoms with Gasteiger partial charge in [-0.2, -0.15) is 0 Å². The Kier molecular flexibility index (Phi) is 7.60. The van der Waals surface area contributed by atoms with E-state index in [0.717, 1.165) is 11.1 Å². The van der Waals surface area contributed by atoms with Crippen LogP contribution in [-0.4, -0.2) is 32.8 Å². The molecule has 0 saturated heterocycles. The molecular formula is C19H23N3O4. The minimum Gasteiger partial charge on any atom is -0.380 e. The topological polar surface area (TPSA) is 88.7 Å². The lowest BCUT2D eigenvalue weighted by Crippen LogP contribution is -2.28. The normalized spacial score (nSPS) is 10.2. The van der Waals surface area contributed by atoms with Crippen LogP contribution in [0.5, 0.6) is 0 Å². The number of hydrogen-bond donors (Lipinski definition) is 3. The summed E-state index contributed by atoms with van der Waals surface area (Å²) < 4.78 is 9.82. The van der Waals surface area contributed by atoms with Crippen molar-refractivity contribution in [3.8, 4) is 0 Å². The summed E-state index contributed by atoms with van der Waals surface area (Å²) in [6, 6.07) is 14.4. The van der Waals surface area contributed by atoms with Crippen LogP contribution in [-0.2, 0) is 27.4 Å². The van der Waals surface area contributed by atoms with Crippen molar-refractivity contribution in [2.75, 3.05) is 31.5 Å². The smallest absolute Gasteiger partial charge is 0.319 e. The summed E-state index contributed by atoms with van der Waals surface area (Å²) in [5, 5.41) is 8.22. The lowest BCUT2D eigenvalue weighted by Gasteiger charge is -2.09. The highest BCUT2D eigenvalue weighted by molar-refractivity contribution is 5.93. The molecule has 138 valence electrons. The molecule has 0 fully saturated rings. The number of ether oxygens (including phenoxy) is 2. The van der Waals surface area contributed by atoms with Gasteiger partial charge in [-0.05, 0) is 35.4 Å². The Balaban J connectivity index is 1.79. The molecule has 0 aliphatic rings. The van der Waals surface area contributed by atoms with E-state index in [-0.39, 0.29) is 18.5 Å². The molecule has 0 aromatic heterocycles. The van der Waals surface area contributed by atoms with Crippen LogP contribution in [0, 0.1) is 0 Å². The number of hydrogen-bond acceptors (Lipinski definition) is 4. The van der Waals surface area contributed by atoms with Crippen molar-refractivity contribution < 1.29 is 19.1 Å². The van der Waals surface area contributed by atoms with Crippen molar-refractivity contribution in [3.05, 3.63) is 59.7 Å². The Morgan fingerprint density at radius 3 is 1.96 bits per heavy atom. The number of urea groups is 1. The molecule has 3 N–H and O–H groups in total. The first-order valence-corrected chi connectivity index (χ1v) is 8.11. The Hall–Kier alpha value is -2.90. The highest BCUT2D eigenvalue weighted by Crippen LogP contribution is 2.13. The molecule has 0 unspecified atom stereocenters. The summed E-state index contributed by atoms with van der Waals surface area (Å²) >= 11 is 0. The molecule has 0 heterocycles. The number of nitrogens with one attached hydrogen (secondary N) is 3. The van der Waals surface area contributed by atoms with E-state index >= 15 is 0 Å². The van der Waals surface area contributed by atoms with Crippen molar-refractivity contribution in [1.82, 2.24) is 5.32 Å². The third-order valence-electron chi connectivity index (χ3n) is 3.49. The minimum absolute atomic E-state index is 0.00510. The highest BCUT2D eigenvalue weighted by Gasteiger charge is 2.04. The standard InChI is InChI=1S/C19H23N3O4/c1-25-12-15-5-3-14(4-6-15)11-20-19(24)22-17-9-7-16(8-10-17)21-18(23)13-26-2/h3-10H,11-13H2,1-2H3,(H,21,23)(H2,20,22,24). The minimum atomic E-state index is -0.304. The monoisotopic (exact) mass is 357 g/mol. The van der Waals surface area contributed by atoms with Gasteiger partial charge in [-0.3, -0.25) is 4.79 Å². The number of amides is 3. The summed E-state index contributed by atoms with van der Waals surface area (Å²) in [6.45, 7) is 0.981. The molecule has 0 radical (unpaired) electrons. The van der Waals surface area contributed by atoms with Gasteiger partial charge in [-0.1, -0.05) is 24.3 Å². The fraction of sp³-hybridized carbons (Fsp3) is 0.263. The molecule has 7 nitrogen and oxygen atoms in total. The van der Waals surface area contributed by atoms with Crippen molar-refractivity contribution in [3.63, 3.8) is 0 Å². The molecular weight excluding hydrogens is 334 g/mol. The maximum Gasteiger partial charge on any atom is 0.319 e. The first-order valence-electron chi connectivity index (χ1n) is 8.11. The van der Waals surface area contributed by atoms with Crippen molar-refractivity contribution in [1.29, 1.82) is 0 Å². The Morgan fingerprint density at radius 1 is 0.808 bits per heavy atom. The van der Waals surface area contributed by atoms with Crippen LogP contribution in [0.25, 0.3) is 0 Å². The second-order valence-corrected chi connectivity index (χ2v) is 5.62. The number of carbonyl (C=O) groups excluding carboxylic acids is 2. The van der Waals surface area contributed by atoms with Gasteiger partial charge in [0.25, 0.3) is 0 Å². The quantitative estimate of drug-likeness (QED) is 0.678. The van der Waals surface area contributed by atoms with Crippen LogP contribution in [0.2, 0.25) is 0 Å². The Bertz CT molecular complexity index is 715. The van der Waals surface area contributed by atoms with E-state index in [1.165, 1.54) is 7.11 Å². The number of benzene rings is 2. The largest absolute Gasteiger partial charge is 0.380 e. The van der Waals surface area contributed by atoms with E-state index in [2.05, 4.69) is 16.0 Å². The molecule has 0 saturated carbocycles. The van der Waals surface area contributed by atoms with Gasteiger partial charge in [-0.15, -0.1) is 0 Å². The fourth-order valence-corrected chi connectivity index (χ4v) is 2.24. The van der Waals surface area contributed by atoms with Crippen molar-refractivity contribution >= 4 is 23.3 Å². The maximum atomic E-state index is 12.0. The van der Waals surface area contributed by atoms with E-state index in [1.807, 2.05) is 24.3 Å². The summed E-state index contributed by atoms with van der Waals surface area (Å²) in [7, 11) is 3.11. The summed E-state index contributed by atoms with van der Waals surface area (Å²) in [5.41, 5.74) is 3.34. The van der Waals surface area contributed by atoms with E-state index in [0.29, 0.717) is 24.5 Å². The third-order valence-corrected chi connectivity index (χ3v) is 3.49. The molecule has 0 atom stereocenters. The summed E-state index contributed by atoms with van der Waals surface area (Å²) in [6.07, 6.45) is 0. The van der Waals surface area contributed by atoms with Crippen molar-refractivity contribution in [2.45, 2.75) is 13.2 Å². The highest BCUT2D eigenvalue weighted by atomic mass is 16.5. The van der Waals surface area contributed by atoms with Gasteiger partial charge in [0.15, 0.2) is 0 Å². The van der Waals surface area contributed by atoms with E-state index < -0.39 is 0 Å². The lowest BCUT2D eigenvalue weighted by molar-refractivity contribution is -0.119. The first kappa shape index (κ1) is 19.4. The third kappa shape index (κ3) is 6.54. The molecule has 3 amide bonds. The average molecular weight is 357 g/mol. The van der Waals surface area contributed by atoms with Crippen LogP contribution in [0.1, 0.15) is 11.1 Å². The Labute approximate surface area is 152 Å². The molecule has 26 heavy (non-hydrogen) atoms. The molecule has 0 aliphatic heterocycles. The van der Waals surface area contributed by atoms with Gasteiger partial charge in [0.05, 0.1) is 6.61 Å². The zero-order chi connectivity index (χ0) is 18.8. The lowest BCUT2D eigenvalue weighted by atomic mass is 10.1. The number of rotatable bonds is 8. The molecule has 7 heteroatoms. The average Bonchev–Trinajstić information content (AvgIpc) is 2.63. The van der Waals surface area contributed by atoms with Crippen LogP contribution < -0.4 is 16.0 Å². The molecule has 2 rings (SSSR count). The number of carbonyl (C=O) groups is 2. The fourth-order valence-electron chi connectivity index (χ4n) is 2.24. The van der Waals surface area contributed by atoms with Gasteiger partial charge in [0.1, 0.15) is 6.61 Å². The predicted octanol–water partition coefficient (Wildman–Crippen LogP) is 2.74. The van der Waals surface area contributed by atoms with Gasteiger partial charge in [0, 0.05) is 32.1 Å². The molecule has 0 aliphatic carbocycles. The maximum absolute atomic E-state index is 12.0. The SMILES string of the molecule is COCC(=O)Nc1ccc(NC(=O)NCc2ccc(COC)cc2)cc1.